The van der Waals surface area contributed by atoms with Crippen molar-refractivity contribution >= 4 is 19.1 Å². The summed E-state index contributed by atoms with van der Waals surface area (Å²) in [5, 5.41) is 2.58. The molecule has 0 unspecified atom stereocenters. The Morgan fingerprint density at radius 2 is 2.40 bits per heavy atom. The molecule has 0 fully saturated rings. The highest BCUT2D eigenvalue weighted by Crippen LogP contribution is 2.04. The quantitative estimate of drug-likeness (QED) is 0.552. The zero-order valence-electron chi connectivity index (χ0n) is 5.56. The third kappa shape index (κ3) is 1.26. The van der Waals surface area contributed by atoms with Crippen LogP contribution in [0, 0.1) is 5.82 Å². The van der Waals surface area contributed by atoms with Crippen LogP contribution >= 0.6 is 0 Å². The van der Waals surface area contributed by atoms with E-state index in [0.29, 0.717) is 5.46 Å². The maximum atomic E-state index is 12.6. The summed E-state index contributed by atoms with van der Waals surface area (Å²) in [6.45, 7) is 0. The molecule has 1 aromatic heterocycles. The molecule has 2 radical (unpaired) electrons. The zero-order valence-corrected chi connectivity index (χ0v) is 5.56. The molecule has 50 valence electrons. The van der Waals surface area contributed by atoms with Crippen molar-refractivity contribution in [1.82, 2.24) is 4.98 Å². The summed E-state index contributed by atoms with van der Waals surface area (Å²) in [5.41, 5.74) is 0.330. The Kier molecular flexibility index (Phi) is 1.90. The van der Waals surface area contributed by atoms with Crippen LogP contribution in [-0.4, -0.2) is 19.9 Å². The van der Waals surface area contributed by atoms with Gasteiger partial charge in [0.25, 0.3) is 0 Å². The molecule has 0 bridgehead atoms. The summed E-state index contributed by atoms with van der Waals surface area (Å²) in [7, 11) is 6.85. The minimum Gasteiger partial charge on any atom is -0.371 e. The van der Waals surface area contributed by atoms with Crippen molar-refractivity contribution in [1.29, 1.82) is 0 Å². The molecular formula is C6H6BFN2. The molecule has 0 spiro atoms. The number of hydrogen-bond acceptors (Lipinski definition) is 2. The summed E-state index contributed by atoms with van der Waals surface area (Å²) in [4.78, 5) is 3.69. The first-order valence-electron chi connectivity index (χ1n) is 2.83. The van der Waals surface area contributed by atoms with E-state index >= 15 is 0 Å². The smallest absolute Gasteiger partial charge is 0.164 e. The van der Waals surface area contributed by atoms with Crippen LogP contribution in [0.3, 0.4) is 0 Å². The number of pyridine rings is 1. The van der Waals surface area contributed by atoms with Gasteiger partial charge in [0, 0.05) is 13.2 Å². The second-order valence-electron chi connectivity index (χ2n) is 1.85. The standard InChI is InChI=1S/C6H6BFN2/c1-9-6-5(8)2-4(7)3-10-6/h2-3H,1H3,(H,9,10). The van der Waals surface area contributed by atoms with E-state index in [2.05, 4.69) is 10.3 Å². The van der Waals surface area contributed by atoms with Gasteiger partial charge in [-0.2, -0.15) is 0 Å². The van der Waals surface area contributed by atoms with Gasteiger partial charge in [-0.15, -0.1) is 0 Å². The van der Waals surface area contributed by atoms with Gasteiger partial charge in [0.15, 0.2) is 11.6 Å². The fraction of sp³-hybridized carbons (Fsp3) is 0.167. The Hall–Kier alpha value is -1.06. The van der Waals surface area contributed by atoms with Crippen LogP contribution in [-0.2, 0) is 0 Å². The molecule has 1 aromatic rings. The van der Waals surface area contributed by atoms with E-state index < -0.39 is 5.82 Å². The highest BCUT2D eigenvalue weighted by Gasteiger charge is 1.98. The van der Waals surface area contributed by atoms with Gasteiger partial charge in [0.2, 0.25) is 0 Å². The number of halogens is 1. The predicted octanol–water partition coefficient (Wildman–Crippen LogP) is 0.0562. The van der Waals surface area contributed by atoms with Crippen molar-refractivity contribution in [3.05, 3.63) is 18.1 Å². The zero-order chi connectivity index (χ0) is 7.56. The molecule has 1 N–H and O–H groups in total. The number of hydrogen-bond donors (Lipinski definition) is 1. The van der Waals surface area contributed by atoms with Gasteiger partial charge in [0.05, 0.1) is 0 Å². The Morgan fingerprint density at radius 3 is 2.90 bits per heavy atom. The molecule has 0 aliphatic carbocycles. The van der Waals surface area contributed by atoms with E-state index in [1.807, 2.05) is 0 Å². The van der Waals surface area contributed by atoms with Gasteiger partial charge < -0.3 is 5.32 Å². The second kappa shape index (κ2) is 2.69. The van der Waals surface area contributed by atoms with Gasteiger partial charge in [-0.05, 0) is 6.07 Å². The van der Waals surface area contributed by atoms with E-state index in [-0.39, 0.29) is 5.82 Å². The Balaban J connectivity index is 3.07. The number of nitrogens with one attached hydrogen (secondary N) is 1. The molecule has 0 aromatic carbocycles. The van der Waals surface area contributed by atoms with Crippen molar-refractivity contribution in [3.8, 4) is 0 Å². The first kappa shape index (κ1) is 7.06. The Bertz CT molecular complexity index is 239. The number of rotatable bonds is 1. The van der Waals surface area contributed by atoms with Crippen molar-refractivity contribution in [2.75, 3.05) is 12.4 Å². The maximum absolute atomic E-state index is 12.6. The van der Waals surface area contributed by atoms with Crippen LogP contribution in [0.5, 0.6) is 0 Å². The normalized spacial score (nSPS) is 9.40. The average Bonchev–Trinajstić information content (AvgIpc) is 1.88. The SMILES string of the molecule is [B]c1cnc(NC)c(F)c1. The van der Waals surface area contributed by atoms with Crippen LogP contribution in [0.4, 0.5) is 10.2 Å². The van der Waals surface area contributed by atoms with E-state index in [0.717, 1.165) is 0 Å². The van der Waals surface area contributed by atoms with Crippen LogP contribution < -0.4 is 10.8 Å². The Morgan fingerprint density at radius 1 is 1.70 bits per heavy atom. The number of aromatic nitrogens is 1. The largest absolute Gasteiger partial charge is 0.371 e. The van der Waals surface area contributed by atoms with E-state index in [9.17, 15) is 4.39 Å². The predicted molar refractivity (Wildman–Crippen MR) is 39.1 cm³/mol. The minimum atomic E-state index is -0.428. The molecule has 0 atom stereocenters. The lowest BCUT2D eigenvalue weighted by molar-refractivity contribution is 0.627. The molecule has 0 aliphatic heterocycles. The molecule has 4 heteroatoms. The average molecular weight is 136 g/mol. The summed E-state index contributed by atoms with van der Waals surface area (Å²) in [5.74, 6) is -0.211. The molecular weight excluding hydrogens is 130 g/mol. The molecule has 0 amide bonds. The Labute approximate surface area is 59.9 Å². The second-order valence-corrected chi connectivity index (χ2v) is 1.85. The van der Waals surface area contributed by atoms with Gasteiger partial charge in [0.1, 0.15) is 7.85 Å². The molecule has 10 heavy (non-hydrogen) atoms. The van der Waals surface area contributed by atoms with Crippen molar-refractivity contribution in [2.45, 2.75) is 0 Å². The summed E-state index contributed by atoms with van der Waals surface area (Å²) in [6, 6.07) is 1.22. The van der Waals surface area contributed by atoms with Crippen molar-refractivity contribution in [3.63, 3.8) is 0 Å². The third-order valence-corrected chi connectivity index (χ3v) is 1.10. The van der Waals surface area contributed by atoms with Crippen LogP contribution in [0.25, 0.3) is 0 Å². The summed E-state index contributed by atoms with van der Waals surface area (Å²) < 4.78 is 12.6. The van der Waals surface area contributed by atoms with Gasteiger partial charge in [-0.3, -0.25) is 0 Å². The molecule has 0 aliphatic rings. The van der Waals surface area contributed by atoms with Crippen molar-refractivity contribution < 1.29 is 4.39 Å². The first-order chi connectivity index (χ1) is 4.74. The minimum absolute atomic E-state index is 0.217. The maximum Gasteiger partial charge on any atom is 0.164 e. The van der Waals surface area contributed by atoms with E-state index in [1.54, 1.807) is 7.05 Å². The van der Waals surface area contributed by atoms with E-state index in [4.69, 9.17) is 7.85 Å². The van der Waals surface area contributed by atoms with Gasteiger partial charge >= 0.3 is 0 Å². The van der Waals surface area contributed by atoms with Gasteiger partial charge in [-0.25, -0.2) is 9.37 Å². The molecule has 1 rings (SSSR count). The van der Waals surface area contributed by atoms with E-state index in [1.165, 1.54) is 12.3 Å². The lowest BCUT2D eigenvalue weighted by atomic mass is 9.99. The first-order valence-corrected chi connectivity index (χ1v) is 2.83. The highest BCUT2D eigenvalue weighted by molar-refractivity contribution is 6.32. The van der Waals surface area contributed by atoms with Crippen LogP contribution in [0.1, 0.15) is 0 Å². The highest BCUT2D eigenvalue weighted by atomic mass is 19.1. The fourth-order valence-electron chi connectivity index (χ4n) is 0.637. The monoisotopic (exact) mass is 136 g/mol. The lowest BCUT2D eigenvalue weighted by Gasteiger charge is -1.99. The van der Waals surface area contributed by atoms with Crippen molar-refractivity contribution in [2.24, 2.45) is 0 Å². The number of nitrogens with zero attached hydrogens (tertiary/aromatic N) is 1. The number of anilines is 1. The van der Waals surface area contributed by atoms with Crippen LogP contribution in [0.2, 0.25) is 0 Å². The lowest BCUT2D eigenvalue weighted by Crippen LogP contribution is -2.07. The third-order valence-electron chi connectivity index (χ3n) is 1.10. The summed E-state index contributed by atoms with van der Waals surface area (Å²) in [6.07, 6.45) is 1.40. The molecule has 0 saturated carbocycles. The molecule has 0 saturated heterocycles. The topological polar surface area (TPSA) is 24.9 Å². The molecule has 2 nitrogen and oxygen atoms in total. The van der Waals surface area contributed by atoms with Crippen LogP contribution in [0.15, 0.2) is 12.3 Å². The molecule has 1 heterocycles. The summed E-state index contributed by atoms with van der Waals surface area (Å²) >= 11 is 0. The van der Waals surface area contributed by atoms with Gasteiger partial charge in [-0.1, -0.05) is 5.46 Å². The fourth-order valence-corrected chi connectivity index (χ4v) is 0.637.